The molecule has 1 unspecified atom stereocenters. The van der Waals surface area contributed by atoms with Crippen molar-refractivity contribution >= 4 is 27.5 Å². The molecule has 1 nitrogen and oxygen atoms in total. The number of hydrogen-bond acceptors (Lipinski definition) is 1. The molecule has 0 aliphatic carbocycles. The van der Waals surface area contributed by atoms with Gasteiger partial charge in [-0.2, -0.15) is 0 Å². The van der Waals surface area contributed by atoms with Crippen LogP contribution in [-0.2, 0) is 0 Å². The second kappa shape index (κ2) is 7.40. The highest BCUT2D eigenvalue weighted by molar-refractivity contribution is 9.10. The topological polar surface area (TPSA) is 12.0 Å². The third kappa shape index (κ3) is 4.99. The molecule has 17 heavy (non-hydrogen) atoms. The van der Waals surface area contributed by atoms with Gasteiger partial charge in [0, 0.05) is 15.5 Å². The number of benzene rings is 1. The predicted molar refractivity (Wildman–Crippen MR) is 79.6 cm³/mol. The van der Waals surface area contributed by atoms with Crippen LogP contribution in [0.3, 0.4) is 0 Å². The predicted octanol–water partition coefficient (Wildman–Crippen LogP) is 5.19. The van der Waals surface area contributed by atoms with Gasteiger partial charge >= 0.3 is 0 Å². The second-order valence-electron chi connectivity index (χ2n) is 4.80. The van der Waals surface area contributed by atoms with Crippen molar-refractivity contribution in [3.63, 3.8) is 0 Å². The summed E-state index contributed by atoms with van der Waals surface area (Å²) in [5, 5.41) is 4.40. The van der Waals surface area contributed by atoms with Crippen LogP contribution in [0, 0.1) is 5.92 Å². The highest BCUT2D eigenvalue weighted by Gasteiger charge is 2.15. The fourth-order valence-corrected chi connectivity index (χ4v) is 2.60. The zero-order valence-electron chi connectivity index (χ0n) is 10.8. The maximum atomic E-state index is 6.08. The summed E-state index contributed by atoms with van der Waals surface area (Å²) in [5.41, 5.74) is 1.26. The van der Waals surface area contributed by atoms with Crippen molar-refractivity contribution in [2.75, 3.05) is 6.54 Å². The average Bonchev–Trinajstić information content (AvgIpc) is 2.27. The highest BCUT2D eigenvalue weighted by atomic mass is 79.9. The fourth-order valence-electron chi connectivity index (χ4n) is 1.89. The third-order valence-corrected chi connectivity index (χ3v) is 3.64. The van der Waals surface area contributed by atoms with Gasteiger partial charge in [0.15, 0.2) is 0 Å². The Kier molecular flexibility index (Phi) is 6.53. The number of nitrogens with one attached hydrogen (secondary N) is 1. The van der Waals surface area contributed by atoms with Gasteiger partial charge in [-0.1, -0.05) is 48.3 Å². The molecule has 1 N–H and O–H groups in total. The van der Waals surface area contributed by atoms with Gasteiger partial charge in [0.2, 0.25) is 0 Å². The first-order valence-corrected chi connectivity index (χ1v) is 7.40. The quantitative estimate of drug-likeness (QED) is 0.761. The first-order chi connectivity index (χ1) is 8.04. The minimum Gasteiger partial charge on any atom is -0.310 e. The summed E-state index contributed by atoms with van der Waals surface area (Å²) >= 11 is 9.70. The molecular formula is C14H21BrClN. The maximum Gasteiger partial charge on any atom is 0.0410 e. The molecule has 3 heteroatoms. The van der Waals surface area contributed by atoms with Crippen LogP contribution in [-0.4, -0.2) is 6.54 Å². The summed E-state index contributed by atoms with van der Waals surface area (Å²) in [6, 6.07) is 6.38. The van der Waals surface area contributed by atoms with Crippen molar-refractivity contribution in [2.24, 2.45) is 5.92 Å². The van der Waals surface area contributed by atoms with E-state index in [1.54, 1.807) is 0 Å². The summed E-state index contributed by atoms with van der Waals surface area (Å²) in [7, 11) is 0. The van der Waals surface area contributed by atoms with Crippen LogP contribution in [0.2, 0.25) is 5.02 Å². The zero-order valence-corrected chi connectivity index (χ0v) is 13.1. The van der Waals surface area contributed by atoms with Gasteiger partial charge in [0.05, 0.1) is 0 Å². The van der Waals surface area contributed by atoms with Crippen LogP contribution >= 0.6 is 27.5 Å². The van der Waals surface area contributed by atoms with Crippen molar-refractivity contribution in [1.29, 1.82) is 0 Å². The second-order valence-corrected chi connectivity index (χ2v) is 6.09. The molecule has 0 heterocycles. The van der Waals surface area contributed by atoms with Crippen LogP contribution in [0.15, 0.2) is 22.7 Å². The maximum absolute atomic E-state index is 6.08. The molecule has 1 rings (SSSR count). The van der Waals surface area contributed by atoms with E-state index in [2.05, 4.69) is 48.1 Å². The van der Waals surface area contributed by atoms with Crippen molar-refractivity contribution in [2.45, 2.75) is 39.7 Å². The van der Waals surface area contributed by atoms with E-state index in [-0.39, 0.29) is 0 Å². The number of rotatable bonds is 6. The van der Waals surface area contributed by atoms with Crippen LogP contribution in [0.5, 0.6) is 0 Å². The lowest BCUT2D eigenvalue weighted by Crippen LogP contribution is -2.24. The van der Waals surface area contributed by atoms with Gasteiger partial charge in [-0.25, -0.2) is 0 Å². The van der Waals surface area contributed by atoms with E-state index in [0.29, 0.717) is 12.0 Å². The van der Waals surface area contributed by atoms with Gasteiger partial charge in [-0.05, 0) is 49.1 Å². The van der Waals surface area contributed by atoms with Crippen LogP contribution in [0.25, 0.3) is 0 Å². The molecule has 0 fully saturated rings. The lowest BCUT2D eigenvalue weighted by atomic mass is 9.97. The SMILES string of the molecule is CCCNC(CC(C)C)c1cc(Cl)ccc1Br. The van der Waals surface area contributed by atoms with Crippen molar-refractivity contribution in [3.05, 3.63) is 33.3 Å². The standard InChI is InChI=1S/C14H21BrClN/c1-4-7-17-14(8-10(2)3)12-9-11(16)5-6-13(12)15/h5-6,9-10,14,17H,4,7-8H2,1-3H3. The molecule has 0 saturated carbocycles. The van der Waals surface area contributed by atoms with Crippen LogP contribution in [0.1, 0.15) is 45.2 Å². The summed E-state index contributed by atoms with van der Waals surface area (Å²) in [6.45, 7) is 7.72. The van der Waals surface area contributed by atoms with E-state index in [1.807, 2.05) is 12.1 Å². The largest absolute Gasteiger partial charge is 0.310 e. The molecule has 0 aromatic heterocycles. The minimum absolute atomic E-state index is 0.378. The summed E-state index contributed by atoms with van der Waals surface area (Å²) < 4.78 is 1.14. The monoisotopic (exact) mass is 317 g/mol. The van der Waals surface area contributed by atoms with Gasteiger partial charge in [-0.15, -0.1) is 0 Å². The Hall–Kier alpha value is -0.0500. The van der Waals surface area contributed by atoms with Crippen molar-refractivity contribution < 1.29 is 0 Å². The molecule has 1 atom stereocenters. The Morgan fingerprint density at radius 3 is 2.65 bits per heavy atom. The van der Waals surface area contributed by atoms with Gasteiger partial charge < -0.3 is 5.32 Å². The normalized spacial score (nSPS) is 13.1. The van der Waals surface area contributed by atoms with E-state index >= 15 is 0 Å². The molecular weight excluding hydrogens is 298 g/mol. The fraction of sp³-hybridized carbons (Fsp3) is 0.571. The summed E-state index contributed by atoms with van der Waals surface area (Å²) in [4.78, 5) is 0. The molecule has 0 spiro atoms. The molecule has 0 amide bonds. The minimum atomic E-state index is 0.378. The lowest BCUT2D eigenvalue weighted by molar-refractivity contribution is 0.429. The van der Waals surface area contributed by atoms with Gasteiger partial charge in [0.25, 0.3) is 0 Å². The Morgan fingerprint density at radius 1 is 1.35 bits per heavy atom. The van der Waals surface area contributed by atoms with E-state index < -0.39 is 0 Å². The molecule has 0 aliphatic heterocycles. The third-order valence-electron chi connectivity index (χ3n) is 2.68. The van der Waals surface area contributed by atoms with Gasteiger partial charge in [-0.3, -0.25) is 0 Å². The first kappa shape index (κ1) is 15.0. The molecule has 1 aromatic rings. The van der Waals surface area contributed by atoms with Gasteiger partial charge in [0.1, 0.15) is 0 Å². The molecule has 0 radical (unpaired) electrons. The van der Waals surface area contributed by atoms with Crippen LogP contribution < -0.4 is 5.32 Å². The molecule has 0 bridgehead atoms. The Bertz CT molecular complexity index is 352. The smallest absolute Gasteiger partial charge is 0.0410 e. The van der Waals surface area contributed by atoms with E-state index in [1.165, 1.54) is 5.56 Å². The zero-order chi connectivity index (χ0) is 12.8. The summed E-state index contributed by atoms with van der Waals surface area (Å²) in [6.07, 6.45) is 2.27. The summed E-state index contributed by atoms with van der Waals surface area (Å²) in [5.74, 6) is 0.662. The number of hydrogen-bond donors (Lipinski definition) is 1. The van der Waals surface area contributed by atoms with E-state index in [9.17, 15) is 0 Å². The molecule has 0 saturated heterocycles. The highest BCUT2D eigenvalue weighted by Crippen LogP contribution is 2.30. The molecule has 0 aliphatic rings. The Balaban J connectivity index is 2.90. The molecule has 96 valence electrons. The Labute approximate surface area is 118 Å². The van der Waals surface area contributed by atoms with Crippen molar-refractivity contribution in [3.8, 4) is 0 Å². The lowest BCUT2D eigenvalue weighted by Gasteiger charge is -2.22. The average molecular weight is 319 g/mol. The van der Waals surface area contributed by atoms with Crippen LogP contribution in [0.4, 0.5) is 0 Å². The number of halogens is 2. The van der Waals surface area contributed by atoms with E-state index in [4.69, 9.17) is 11.6 Å². The van der Waals surface area contributed by atoms with E-state index in [0.717, 1.165) is 28.9 Å². The van der Waals surface area contributed by atoms with Crippen molar-refractivity contribution in [1.82, 2.24) is 5.32 Å². The first-order valence-electron chi connectivity index (χ1n) is 6.23. The Morgan fingerprint density at radius 2 is 2.06 bits per heavy atom. The molecule has 1 aromatic carbocycles.